The zero-order chi connectivity index (χ0) is 17.3. The Morgan fingerprint density at radius 3 is 2.58 bits per heavy atom. The van der Waals surface area contributed by atoms with Crippen molar-refractivity contribution in [2.75, 3.05) is 11.9 Å². The third-order valence-electron chi connectivity index (χ3n) is 5.26. The van der Waals surface area contributed by atoms with Gasteiger partial charge in [0.15, 0.2) is 0 Å². The molecule has 132 valence electrons. The van der Waals surface area contributed by atoms with Gasteiger partial charge >= 0.3 is 0 Å². The molecule has 2 fully saturated rings. The van der Waals surface area contributed by atoms with Crippen molar-refractivity contribution in [1.29, 1.82) is 0 Å². The quantitative estimate of drug-likeness (QED) is 0.877. The molecule has 5 heteroatoms. The highest BCUT2D eigenvalue weighted by atomic mass is 32.1. The van der Waals surface area contributed by atoms with Crippen molar-refractivity contribution >= 4 is 28.2 Å². The van der Waals surface area contributed by atoms with Gasteiger partial charge < -0.3 is 10.2 Å². The van der Waals surface area contributed by atoms with Crippen LogP contribution in [-0.2, 0) is 4.79 Å². The Labute approximate surface area is 148 Å². The second-order valence-electron chi connectivity index (χ2n) is 7.71. The van der Waals surface area contributed by atoms with Crippen molar-refractivity contribution in [3.05, 3.63) is 17.0 Å². The zero-order valence-electron chi connectivity index (χ0n) is 14.9. The molecule has 4 nitrogen and oxygen atoms in total. The molecule has 1 aliphatic heterocycles. The van der Waals surface area contributed by atoms with Gasteiger partial charge in [-0.3, -0.25) is 9.59 Å². The number of likely N-dealkylation sites (tertiary alicyclic amines) is 1. The van der Waals surface area contributed by atoms with Gasteiger partial charge in [-0.05, 0) is 56.1 Å². The van der Waals surface area contributed by atoms with Crippen LogP contribution >= 0.6 is 11.3 Å². The van der Waals surface area contributed by atoms with Gasteiger partial charge in [-0.2, -0.15) is 0 Å². The molecule has 2 atom stereocenters. The van der Waals surface area contributed by atoms with Gasteiger partial charge in [0.1, 0.15) is 0 Å². The lowest BCUT2D eigenvalue weighted by atomic mass is 9.95. The van der Waals surface area contributed by atoms with Gasteiger partial charge in [-0.15, -0.1) is 11.3 Å². The fourth-order valence-electron chi connectivity index (χ4n) is 3.46. The van der Waals surface area contributed by atoms with Crippen molar-refractivity contribution < 1.29 is 9.59 Å². The molecular weight excluding hydrogens is 320 g/mol. The normalized spacial score (nSPS) is 24.8. The first-order valence-electron chi connectivity index (χ1n) is 9.17. The maximum atomic E-state index is 13.0. The highest BCUT2D eigenvalue weighted by molar-refractivity contribution is 7.18. The smallest absolute Gasteiger partial charge is 0.264 e. The van der Waals surface area contributed by atoms with Gasteiger partial charge in [-0.25, -0.2) is 0 Å². The number of amides is 2. The SMILES string of the molecule is CC1CCC(C(C)C)N(C(=O)c2ccc(NC(=O)C3CC3)s2)CC1. The summed E-state index contributed by atoms with van der Waals surface area (Å²) in [4.78, 5) is 27.7. The molecule has 2 heterocycles. The Morgan fingerprint density at radius 1 is 1.17 bits per heavy atom. The molecule has 1 aromatic rings. The number of anilines is 1. The predicted octanol–water partition coefficient (Wildman–Crippen LogP) is 4.38. The summed E-state index contributed by atoms with van der Waals surface area (Å²) >= 11 is 1.41. The first-order valence-corrected chi connectivity index (χ1v) is 9.99. The van der Waals surface area contributed by atoms with Crippen LogP contribution in [0.5, 0.6) is 0 Å². The summed E-state index contributed by atoms with van der Waals surface area (Å²) < 4.78 is 0. The largest absolute Gasteiger partial charge is 0.335 e. The van der Waals surface area contributed by atoms with Crippen LogP contribution in [0.4, 0.5) is 5.00 Å². The van der Waals surface area contributed by atoms with Crippen LogP contribution in [0.25, 0.3) is 0 Å². The third kappa shape index (κ3) is 4.00. The minimum atomic E-state index is 0.0968. The van der Waals surface area contributed by atoms with Crippen LogP contribution < -0.4 is 5.32 Å². The van der Waals surface area contributed by atoms with E-state index in [2.05, 4.69) is 31.0 Å². The topological polar surface area (TPSA) is 49.4 Å². The summed E-state index contributed by atoms with van der Waals surface area (Å²) in [6.07, 6.45) is 5.34. The molecule has 1 N–H and O–H groups in total. The lowest BCUT2D eigenvalue weighted by molar-refractivity contribution is -0.117. The molecule has 2 aliphatic rings. The number of carbonyl (C=O) groups excluding carboxylic acids is 2. The molecular formula is C19H28N2O2S. The number of nitrogens with one attached hydrogen (secondary N) is 1. The van der Waals surface area contributed by atoms with Crippen LogP contribution in [0.1, 0.15) is 62.5 Å². The van der Waals surface area contributed by atoms with E-state index >= 15 is 0 Å². The zero-order valence-corrected chi connectivity index (χ0v) is 15.7. The van der Waals surface area contributed by atoms with Crippen LogP contribution in [0, 0.1) is 17.8 Å². The summed E-state index contributed by atoms with van der Waals surface area (Å²) in [5.41, 5.74) is 0. The van der Waals surface area contributed by atoms with E-state index in [1.807, 2.05) is 12.1 Å². The predicted molar refractivity (Wildman–Crippen MR) is 98.4 cm³/mol. The fraction of sp³-hybridized carbons (Fsp3) is 0.684. The second-order valence-corrected chi connectivity index (χ2v) is 8.79. The van der Waals surface area contributed by atoms with Gasteiger partial charge in [0.25, 0.3) is 5.91 Å². The number of carbonyl (C=O) groups is 2. The minimum absolute atomic E-state index is 0.0968. The molecule has 2 amide bonds. The number of rotatable bonds is 4. The highest BCUT2D eigenvalue weighted by Gasteiger charge is 2.32. The van der Waals surface area contributed by atoms with Gasteiger partial charge in [-0.1, -0.05) is 20.8 Å². The Balaban J connectivity index is 1.71. The number of nitrogens with zero attached hydrogens (tertiary/aromatic N) is 1. The second kappa shape index (κ2) is 7.26. The number of hydrogen-bond donors (Lipinski definition) is 1. The molecule has 0 radical (unpaired) electrons. The standard InChI is InChI=1S/C19H28N2O2S/c1-12(2)15-7-4-13(3)10-11-21(15)19(23)16-8-9-17(24-16)20-18(22)14-5-6-14/h8-9,12-15H,4-7,10-11H2,1-3H3,(H,20,22). The van der Waals surface area contributed by atoms with E-state index in [0.29, 0.717) is 17.9 Å². The lowest BCUT2D eigenvalue weighted by Gasteiger charge is -2.32. The van der Waals surface area contributed by atoms with E-state index < -0.39 is 0 Å². The fourth-order valence-corrected chi connectivity index (χ4v) is 4.32. The van der Waals surface area contributed by atoms with E-state index in [-0.39, 0.29) is 17.7 Å². The highest BCUT2D eigenvalue weighted by Crippen LogP contribution is 2.33. The first kappa shape index (κ1) is 17.5. The van der Waals surface area contributed by atoms with Crippen LogP contribution in [-0.4, -0.2) is 29.3 Å². The summed E-state index contributed by atoms with van der Waals surface area (Å²) in [7, 11) is 0. The minimum Gasteiger partial charge on any atom is -0.335 e. The Morgan fingerprint density at radius 2 is 1.92 bits per heavy atom. The molecule has 24 heavy (non-hydrogen) atoms. The van der Waals surface area contributed by atoms with E-state index in [9.17, 15) is 9.59 Å². The summed E-state index contributed by atoms with van der Waals surface area (Å²) in [5.74, 6) is 1.55. The monoisotopic (exact) mass is 348 g/mol. The van der Waals surface area contributed by atoms with Crippen LogP contribution in [0.15, 0.2) is 12.1 Å². The molecule has 1 saturated carbocycles. The van der Waals surface area contributed by atoms with Crippen molar-refractivity contribution in [2.24, 2.45) is 17.8 Å². The molecule has 0 bridgehead atoms. The molecule has 3 rings (SSSR count). The van der Waals surface area contributed by atoms with Crippen molar-refractivity contribution in [2.45, 2.75) is 58.9 Å². The number of thiophene rings is 1. The van der Waals surface area contributed by atoms with Crippen LogP contribution in [0.3, 0.4) is 0 Å². The lowest BCUT2D eigenvalue weighted by Crippen LogP contribution is -2.42. The van der Waals surface area contributed by atoms with E-state index in [1.165, 1.54) is 17.8 Å². The molecule has 0 aromatic carbocycles. The molecule has 1 saturated heterocycles. The summed E-state index contributed by atoms with van der Waals surface area (Å²) in [6, 6.07) is 4.04. The van der Waals surface area contributed by atoms with Gasteiger partial charge in [0.05, 0.1) is 9.88 Å². The third-order valence-corrected chi connectivity index (χ3v) is 6.25. The van der Waals surface area contributed by atoms with Crippen molar-refractivity contribution in [1.82, 2.24) is 4.90 Å². The molecule has 1 aromatic heterocycles. The van der Waals surface area contributed by atoms with Gasteiger partial charge in [0, 0.05) is 18.5 Å². The Kier molecular flexibility index (Phi) is 5.28. The molecule has 0 spiro atoms. The molecule has 2 unspecified atom stereocenters. The average Bonchev–Trinajstić information content (AvgIpc) is 3.32. The number of hydrogen-bond acceptors (Lipinski definition) is 3. The van der Waals surface area contributed by atoms with E-state index in [0.717, 1.165) is 42.1 Å². The first-order chi connectivity index (χ1) is 11.5. The Bertz CT molecular complexity index is 606. The summed E-state index contributed by atoms with van der Waals surface area (Å²) in [6.45, 7) is 7.53. The van der Waals surface area contributed by atoms with Gasteiger partial charge in [0.2, 0.25) is 5.91 Å². The van der Waals surface area contributed by atoms with Crippen LogP contribution in [0.2, 0.25) is 0 Å². The Hall–Kier alpha value is -1.36. The summed E-state index contributed by atoms with van der Waals surface area (Å²) in [5, 5.41) is 3.74. The van der Waals surface area contributed by atoms with E-state index in [4.69, 9.17) is 0 Å². The maximum absolute atomic E-state index is 13.0. The van der Waals surface area contributed by atoms with Crippen molar-refractivity contribution in [3.8, 4) is 0 Å². The molecule has 1 aliphatic carbocycles. The maximum Gasteiger partial charge on any atom is 0.264 e. The van der Waals surface area contributed by atoms with Crippen molar-refractivity contribution in [3.63, 3.8) is 0 Å². The van der Waals surface area contributed by atoms with E-state index in [1.54, 1.807) is 0 Å². The average molecular weight is 349 g/mol.